The van der Waals surface area contributed by atoms with Gasteiger partial charge >= 0.3 is 6.18 Å². The molecule has 12 heteroatoms. The van der Waals surface area contributed by atoms with E-state index in [1.165, 1.54) is 30.5 Å². The normalized spacial score (nSPS) is 11.5. The van der Waals surface area contributed by atoms with Crippen LogP contribution in [0.2, 0.25) is 5.02 Å². The Hall–Kier alpha value is -3.60. The SMILES string of the molecule is Cc1cc(N)cc(C(=O)NC(C)C)c1NC(=O)c1cc(C(F)(F)F)nn1-c1ncccc1Cl. The molecule has 0 bridgehead atoms. The summed E-state index contributed by atoms with van der Waals surface area (Å²) >= 11 is 6.07. The molecule has 0 saturated heterocycles. The molecule has 0 aliphatic rings. The highest BCUT2D eigenvalue weighted by Crippen LogP contribution is 2.31. The molecule has 0 atom stereocenters. The highest BCUT2D eigenvalue weighted by Gasteiger charge is 2.36. The number of carbonyl (C=O) groups excluding carboxylic acids is 2. The van der Waals surface area contributed by atoms with Crippen LogP contribution >= 0.6 is 11.6 Å². The van der Waals surface area contributed by atoms with Gasteiger partial charge in [0.25, 0.3) is 11.8 Å². The number of pyridine rings is 1. The van der Waals surface area contributed by atoms with Crippen LogP contribution in [0, 0.1) is 6.92 Å². The van der Waals surface area contributed by atoms with Crippen molar-refractivity contribution in [3.63, 3.8) is 0 Å². The Balaban J connectivity index is 2.10. The highest BCUT2D eigenvalue weighted by molar-refractivity contribution is 6.32. The zero-order valence-electron chi connectivity index (χ0n) is 17.8. The van der Waals surface area contributed by atoms with Crippen LogP contribution in [-0.4, -0.2) is 32.6 Å². The minimum atomic E-state index is -4.82. The molecule has 2 amide bonds. The number of nitrogen functional groups attached to an aromatic ring is 1. The molecule has 8 nitrogen and oxygen atoms in total. The van der Waals surface area contributed by atoms with Crippen molar-refractivity contribution in [3.8, 4) is 5.82 Å². The molecule has 3 rings (SSSR count). The van der Waals surface area contributed by atoms with E-state index in [0.717, 1.165) is 0 Å². The van der Waals surface area contributed by atoms with E-state index in [-0.39, 0.29) is 33.8 Å². The van der Waals surface area contributed by atoms with E-state index in [1.54, 1.807) is 20.8 Å². The van der Waals surface area contributed by atoms with Gasteiger partial charge in [0.05, 0.1) is 16.3 Å². The lowest BCUT2D eigenvalue weighted by molar-refractivity contribution is -0.141. The van der Waals surface area contributed by atoms with Gasteiger partial charge in [-0.2, -0.15) is 18.3 Å². The summed E-state index contributed by atoms with van der Waals surface area (Å²) in [6.07, 6.45) is -3.52. The number of hydrogen-bond donors (Lipinski definition) is 3. The van der Waals surface area contributed by atoms with E-state index in [1.807, 2.05) is 0 Å². The summed E-state index contributed by atoms with van der Waals surface area (Å²) in [6.45, 7) is 5.11. The van der Waals surface area contributed by atoms with Gasteiger partial charge in [-0.3, -0.25) is 9.59 Å². The fourth-order valence-electron chi connectivity index (χ4n) is 3.05. The van der Waals surface area contributed by atoms with Gasteiger partial charge < -0.3 is 16.4 Å². The van der Waals surface area contributed by atoms with Crippen LogP contribution in [0.5, 0.6) is 0 Å². The third kappa shape index (κ3) is 5.25. The molecule has 0 aliphatic carbocycles. The average molecular weight is 481 g/mol. The molecule has 0 unspecified atom stereocenters. The van der Waals surface area contributed by atoms with Crippen molar-refractivity contribution in [3.05, 3.63) is 64.1 Å². The number of hydrogen-bond acceptors (Lipinski definition) is 5. The summed E-state index contributed by atoms with van der Waals surface area (Å²) in [5, 5.41) is 8.70. The lowest BCUT2D eigenvalue weighted by atomic mass is 10.0. The number of aromatic nitrogens is 3. The first kappa shape index (κ1) is 24.1. The smallest absolute Gasteiger partial charge is 0.399 e. The van der Waals surface area contributed by atoms with Gasteiger partial charge in [-0.1, -0.05) is 11.6 Å². The number of aryl methyl sites for hydroxylation is 1. The van der Waals surface area contributed by atoms with Crippen LogP contribution < -0.4 is 16.4 Å². The number of carbonyl (C=O) groups is 2. The number of anilines is 2. The van der Waals surface area contributed by atoms with Crippen molar-refractivity contribution in [1.82, 2.24) is 20.1 Å². The van der Waals surface area contributed by atoms with Crippen LogP contribution in [0.3, 0.4) is 0 Å². The summed E-state index contributed by atoms with van der Waals surface area (Å²) in [6, 6.07) is 6.16. The second-order valence-corrected chi connectivity index (χ2v) is 7.88. The topological polar surface area (TPSA) is 115 Å². The second kappa shape index (κ2) is 9.10. The van der Waals surface area contributed by atoms with E-state index in [9.17, 15) is 22.8 Å². The van der Waals surface area contributed by atoms with Crippen molar-refractivity contribution in [2.75, 3.05) is 11.1 Å². The van der Waals surface area contributed by atoms with Gasteiger partial charge in [-0.15, -0.1) is 0 Å². The Morgan fingerprint density at radius 2 is 1.88 bits per heavy atom. The molecule has 0 aliphatic heterocycles. The second-order valence-electron chi connectivity index (χ2n) is 7.48. The standard InChI is InChI=1S/C21H20ClF3N6O2/c1-10(2)28-19(32)13-8-12(26)7-11(3)17(13)29-20(33)15-9-16(21(23,24)25)30-31(15)18-14(22)5-4-6-27-18/h4-10H,26H2,1-3H3,(H,28,32)(H,29,33). The first-order chi connectivity index (χ1) is 15.4. The first-order valence-electron chi connectivity index (χ1n) is 9.69. The Morgan fingerprint density at radius 3 is 2.48 bits per heavy atom. The maximum absolute atomic E-state index is 13.4. The van der Waals surface area contributed by atoms with Gasteiger partial charge in [-0.05, 0) is 50.6 Å². The molecule has 4 N–H and O–H groups in total. The van der Waals surface area contributed by atoms with Crippen molar-refractivity contribution in [2.45, 2.75) is 33.0 Å². The third-order valence-corrected chi connectivity index (χ3v) is 4.73. The van der Waals surface area contributed by atoms with Crippen LogP contribution in [0.25, 0.3) is 5.82 Å². The highest BCUT2D eigenvalue weighted by atomic mass is 35.5. The maximum Gasteiger partial charge on any atom is 0.435 e. The zero-order chi connectivity index (χ0) is 24.5. The first-order valence-corrected chi connectivity index (χ1v) is 10.1. The minimum Gasteiger partial charge on any atom is -0.399 e. The van der Waals surface area contributed by atoms with E-state index in [4.69, 9.17) is 17.3 Å². The monoisotopic (exact) mass is 480 g/mol. The van der Waals surface area contributed by atoms with Crippen molar-refractivity contribution in [1.29, 1.82) is 0 Å². The molecule has 1 aromatic carbocycles. The number of alkyl halides is 3. The molecule has 3 aromatic rings. The number of nitrogens with one attached hydrogen (secondary N) is 2. The van der Waals surface area contributed by atoms with Crippen LogP contribution in [0.15, 0.2) is 36.5 Å². The van der Waals surface area contributed by atoms with Crippen LogP contribution in [0.4, 0.5) is 24.5 Å². The van der Waals surface area contributed by atoms with E-state index in [0.29, 0.717) is 16.3 Å². The molecule has 2 heterocycles. The lowest BCUT2D eigenvalue weighted by Gasteiger charge is -2.16. The quantitative estimate of drug-likeness (QED) is 0.473. The molecule has 174 valence electrons. The van der Waals surface area contributed by atoms with E-state index in [2.05, 4.69) is 20.7 Å². The molecule has 2 aromatic heterocycles. The Labute approximate surface area is 191 Å². The fraction of sp³-hybridized carbons (Fsp3) is 0.238. The number of nitrogens with two attached hydrogens (primary N) is 1. The average Bonchev–Trinajstić information content (AvgIpc) is 3.15. The number of nitrogens with zero attached hydrogens (tertiary/aromatic N) is 3. The molecule has 0 saturated carbocycles. The van der Waals surface area contributed by atoms with E-state index >= 15 is 0 Å². The molecule has 0 spiro atoms. The predicted molar refractivity (Wildman–Crippen MR) is 118 cm³/mol. The summed E-state index contributed by atoms with van der Waals surface area (Å²) < 4.78 is 40.8. The summed E-state index contributed by atoms with van der Waals surface area (Å²) in [4.78, 5) is 29.7. The Bertz CT molecular complexity index is 1220. The molecule has 33 heavy (non-hydrogen) atoms. The molecule has 0 radical (unpaired) electrons. The van der Waals surface area contributed by atoms with Crippen LogP contribution in [0.1, 0.15) is 46.0 Å². The van der Waals surface area contributed by atoms with Crippen LogP contribution in [-0.2, 0) is 6.18 Å². The van der Waals surface area contributed by atoms with Crippen molar-refractivity contribution < 1.29 is 22.8 Å². The van der Waals surface area contributed by atoms with Gasteiger partial charge in [-0.25, -0.2) is 9.67 Å². The largest absolute Gasteiger partial charge is 0.435 e. The fourth-order valence-corrected chi connectivity index (χ4v) is 3.26. The summed E-state index contributed by atoms with van der Waals surface area (Å²) in [5.74, 6) is -1.62. The van der Waals surface area contributed by atoms with Crippen molar-refractivity contribution >= 4 is 34.8 Å². The zero-order valence-corrected chi connectivity index (χ0v) is 18.5. The lowest BCUT2D eigenvalue weighted by Crippen LogP contribution is -2.31. The number of amides is 2. The number of benzene rings is 1. The minimum absolute atomic E-state index is 0.0101. The molecular weight excluding hydrogens is 461 g/mol. The van der Waals surface area contributed by atoms with Gasteiger partial charge in [0.2, 0.25) is 0 Å². The Morgan fingerprint density at radius 1 is 1.18 bits per heavy atom. The number of rotatable bonds is 5. The van der Waals surface area contributed by atoms with Gasteiger partial charge in [0.1, 0.15) is 5.69 Å². The third-order valence-electron chi connectivity index (χ3n) is 4.43. The van der Waals surface area contributed by atoms with Gasteiger partial charge in [0.15, 0.2) is 11.5 Å². The Kier molecular flexibility index (Phi) is 6.63. The predicted octanol–water partition coefficient (Wildman–Crippen LogP) is 4.22. The van der Waals surface area contributed by atoms with Gasteiger partial charge in [0, 0.05) is 24.0 Å². The number of halogens is 4. The summed E-state index contributed by atoms with van der Waals surface area (Å²) in [7, 11) is 0. The molecule has 0 fully saturated rings. The van der Waals surface area contributed by atoms with Crippen molar-refractivity contribution in [2.24, 2.45) is 0 Å². The summed E-state index contributed by atoms with van der Waals surface area (Å²) in [5.41, 5.74) is 4.95. The molecular formula is C21H20ClF3N6O2. The van der Waals surface area contributed by atoms with E-state index < -0.39 is 29.4 Å². The maximum atomic E-state index is 13.4.